The summed E-state index contributed by atoms with van der Waals surface area (Å²) in [5, 5.41) is 121. The van der Waals surface area contributed by atoms with Crippen molar-refractivity contribution in [3.05, 3.63) is 29.8 Å². The van der Waals surface area contributed by atoms with Crippen molar-refractivity contribution in [3.63, 3.8) is 0 Å². The second kappa shape index (κ2) is 45.0. The summed E-state index contributed by atoms with van der Waals surface area (Å²) in [6.07, 6.45) is -6.43. The molecule has 0 bridgehead atoms. The van der Waals surface area contributed by atoms with Crippen LogP contribution in [0.5, 0.6) is 5.75 Å². The van der Waals surface area contributed by atoms with Gasteiger partial charge in [-0.25, -0.2) is 4.79 Å². The number of amides is 15. The van der Waals surface area contributed by atoms with Gasteiger partial charge in [-0.2, -0.15) is 0 Å². The number of primary amides is 1. The predicted molar refractivity (Wildman–Crippen MR) is 374 cm³/mol. The van der Waals surface area contributed by atoms with Gasteiger partial charge in [0.1, 0.15) is 90.3 Å². The highest BCUT2D eigenvalue weighted by Gasteiger charge is 2.43. The lowest BCUT2D eigenvalue weighted by atomic mass is 9.98. The first-order valence-electron chi connectivity index (χ1n) is 34.7. The van der Waals surface area contributed by atoms with Gasteiger partial charge in [0.2, 0.25) is 88.6 Å². The molecule has 2 rings (SSSR count). The number of carbonyl (C=O) groups excluding carboxylic acids is 15. The van der Waals surface area contributed by atoms with E-state index >= 15 is 0 Å². The van der Waals surface area contributed by atoms with Gasteiger partial charge >= 0.3 is 5.97 Å². The van der Waals surface area contributed by atoms with E-state index in [-0.39, 0.29) is 43.9 Å². The van der Waals surface area contributed by atoms with E-state index in [9.17, 15) is 123 Å². The molecule has 15 amide bonds. The van der Waals surface area contributed by atoms with Crippen molar-refractivity contribution >= 4 is 94.6 Å². The summed E-state index contributed by atoms with van der Waals surface area (Å²) < 4.78 is 0. The standard InChI is InChI=1S/C66H108N16O25/c1-28(2)21-39(54(94)69-23-46(92)76-50(32(9)87)62(102)70-38(18-19-45(68)91)55(95)80-51(33(10)88)63(103)72-40(66(106)107)22-35-14-16-36(90)17-15-35)71-56(96)41(25-84)73-57(97)42(26-85)74-58(98)43(27-86)75-59(99)44-13-12-20-82(44)65(105)49(31(7)8)79-64(104)52(34(11)89)81-61(101)48(30(5)6)78-60(100)47(29(3)4)77-53(93)37(67)24-83/h14-17,28-34,37-44,47-52,83-90H,12-13,18-27,67H2,1-11H3,(H2,68,91)(H,69,94)(H,70,102)(H,71,96)(H,72,103)(H,73,97)(H,74,98)(H,75,99)(H,76,92)(H,77,93)(H,78,100)(H,79,104)(H,80,95)(H,81,101)(H,106,107)/t32-,33-,34-,37+,38+,39+,40+,41+,42+,43+,44+,47+,48+,49+,50+,51+,52+/m1/s1. The van der Waals surface area contributed by atoms with Gasteiger partial charge in [0, 0.05) is 19.4 Å². The van der Waals surface area contributed by atoms with Crippen LogP contribution in [0.2, 0.25) is 0 Å². The first-order valence-corrected chi connectivity index (χ1v) is 34.7. The summed E-state index contributed by atoms with van der Waals surface area (Å²) in [7, 11) is 0. The Bertz CT molecular complexity index is 3250. The number of rotatable bonds is 45. The maximum absolute atomic E-state index is 14.3. The number of phenolic OH excluding ortho intramolecular Hbond substituents is 1. The van der Waals surface area contributed by atoms with Crippen LogP contribution in [0, 0.1) is 23.7 Å². The van der Waals surface area contributed by atoms with E-state index in [1.807, 2.05) is 0 Å². The first-order chi connectivity index (χ1) is 49.9. The van der Waals surface area contributed by atoms with Crippen molar-refractivity contribution in [1.29, 1.82) is 0 Å². The third-order valence-corrected chi connectivity index (χ3v) is 16.8. The molecule has 41 heteroatoms. The Labute approximate surface area is 617 Å². The lowest BCUT2D eigenvalue weighted by Crippen LogP contribution is -2.63. The molecule has 1 fully saturated rings. The highest BCUT2D eigenvalue weighted by molar-refractivity contribution is 6.01. The fourth-order valence-corrected chi connectivity index (χ4v) is 10.6. The molecule has 0 radical (unpaired) electrons. The molecule has 0 unspecified atom stereocenters. The first kappa shape index (κ1) is 93.3. The number of nitrogens with two attached hydrogens (primary N) is 2. The van der Waals surface area contributed by atoms with E-state index in [0.717, 1.165) is 18.7 Å². The van der Waals surface area contributed by atoms with Crippen molar-refractivity contribution in [1.82, 2.24) is 74.0 Å². The van der Waals surface area contributed by atoms with Crippen LogP contribution in [0.3, 0.4) is 0 Å². The summed E-state index contributed by atoms with van der Waals surface area (Å²) >= 11 is 0. The quantitative estimate of drug-likeness (QED) is 0.0288. The molecule has 1 heterocycles. The predicted octanol–water partition coefficient (Wildman–Crippen LogP) is -10.3. The lowest BCUT2D eigenvalue weighted by Gasteiger charge is -2.33. The third-order valence-electron chi connectivity index (χ3n) is 16.8. The highest BCUT2D eigenvalue weighted by Crippen LogP contribution is 2.22. The van der Waals surface area contributed by atoms with Crippen molar-refractivity contribution in [2.75, 3.05) is 39.5 Å². The normalized spacial score (nSPS) is 17.3. The number of carboxylic acids is 1. The Morgan fingerprint density at radius 3 is 1.27 bits per heavy atom. The van der Waals surface area contributed by atoms with Crippen LogP contribution >= 0.6 is 0 Å². The molecule has 17 atom stereocenters. The van der Waals surface area contributed by atoms with Crippen LogP contribution in [-0.4, -0.2) is 288 Å². The van der Waals surface area contributed by atoms with E-state index < -0.39 is 261 Å². The maximum atomic E-state index is 14.3. The topological polar surface area (TPSA) is 667 Å². The number of phenols is 1. The molecule has 1 aliphatic rings. The van der Waals surface area contributed by atoms with Gasteiger partial charge < -0.3 is 131 Å². The summed E-state index contributed by atoms with van der Waals surface area (Å²) in [5.41, 5.74) is 11.3. The van der Waals surface area contributed by atoms with Crippen LogP contribution in [0.25, 0.3) is 0 Å². The maximum Gasteiger partial charge on any atom is 0.326 e. The van der Waals surface area contributed by atoms with Crippen LogP contribution < -0.4 is 80.6 Å². The van der Waals surface area contributed by atoms with E-state index in [4.69, 9.17) is 11.5 Å². The minimum atomic E-state index is -1.96. The molecule has 1 aliphatic heterocycles. The average molecular weight is 1530 g/mol. The molecule has 0 aliphatic carbocycles. The minimum Gasteiger partial charge on any atom is -0.508 e. The van der Waals surface area contributed by atoms with Crippen molar-refractivity contribution < 1.29 is 123 Å². The van der Waals surface area contributed by atoms with Crippen LogP contribution in [0.1, 0.15) is 114 Å². The number of carboxylic acid groups (broad SMARTS) is 1. The lowest BCUT2D eigenvalue weighted by molar-refractivity contribution is -0.144. The van der Waals surface area contributed by atoms with E-state index in [2.05, 4.69) is 69.1 Å². The third kappa shape index (κ3) is 30.2. The Balaban J connectivity index is 2.18. The zero-order chi connectivity index (χ0) is 81.6. The van der Waals surface area contributed by atoms with Crippen molar-refractivity contribution in [2.45, 2.75) is 218 Å². The van der Waals surface area contributed by atoms with E-state index in [0.29, 0.717) is 5.56 Å². The van der Waals surface area contributed by atoms with Crippen LogP contribution in [-0.2, 0) is 83.1 Å². The Morgan fingerprint density at radius 2 is 0.841 bits per heavy atom. The molecule has 1 saturated heterocycles. The van der Waals surface area contributed by atoms with Gasteiger partial charge in [-0.05, 0) is 87.8 Å². The fourth-order valence-electron chi connectivity index (χ4n) is 10.6. The van der Waals surface area contributed by atoms with E-state index in [1.165, 1.54) is 31.2 Å². The van der Waals surface area contributed by atoms with Crippen molar-refractivity contribution in [3.8, 4) is 5.75 Å². The fraction of sp³-hybridized carbons (Fsp3) is 0.667. The summed E-state index contributed by atoms with van der Waals surface area (Å²) in [6, 6.07) is -17.5. The number of hydrogen-bond acceptors (Lipinski definition) is 25. The summed E-state index contributed by atoms with van der Waals surface area (Å²) in [4.78, 5) is 215. The van der Waals surface area contributed by atoms with Gasteiger partial charge in [0.05, 0.1) is 51.3 Å². The number of aromatic hydroxyl groups is 1. The molecule has 41 nitrogen and oxygen atoms in total. The summed E-state index contributed by atoms with van der Waals surface area (Å²) in [6.45, 7) is 10.8. The van der Waals surface area contributed by atoms with Crippen LogP contribution in [0.15, 0.2) is 24.3 Å². The SMILES string of the molecule is CC(C)C[C@H](NC(=O)[C@H](CO)NC(=O)[C@H](CO)NC(=O)[C@H](CO)NC(=O)[C@@H]1CCCN1C(=O)[C@@H](NC(=O)[C@@H](NC(=O)[C@@H](NC(=O)[C@@H](NC(=O)[C@@H](N)CO)C(C)C)C(C)C)[C@@H](C)O)C(C)C)C(=O)NCC(=O)N[C@H](C(=O)N[C@@H](CCC(N)=O)C(=O)N[C@H](C(=O)N[C@@H](Cc1ccc(O)cc1)C(=O)O)[C@@H](C)O)[C@@H](C)O. The zero-order valence-corrected chi connectivity index (χ0v) is 61.6. The number of carbonyl (C=O) groups is 16. The van der Waals surface area contributed by atoms with Gasteiger partial charge in [0.15, 0.2) is 0 Å². The van der Waals surface area contributed by atoms with Gasteiger partial charge in [-0.15, -0.1) is 0 Å². The van der Waals surface area contributed by atoms with Crippen molar-refractivity contribution in [2.24, 2.45) is 35.1 Å². The highest BCUT2D eigenvalue weighted by atomic mass is 16.4. The second-order valence-corrected chi connectivity index (χ2v) is 27.4. The molecule has 1 aromatic rings. The number of benzene rings is 1. The molecule has 107 heavy (non-hydrogen) atoms. The Kier molecular flexibility index (Phi) is 39.2. The zero-order valence-electron chi connectivity index (χ0n) is 61.6. The van der Waals surface area contributed by atoms with Gasteiger partial charge in [-0.3, -0.25) is 71.9 Å². The smallest absolute Gasteiger partial charge is 0.326 e. The number of aliphatic carboxylic acids is 1. The monoisotopic (exact) mass is 1520 g/mol. The van der Waals surface area contributed by atoms with E-state index in [1.54, 1.807) is 55.4 Å². The molecule has 0 aromatic heterocycles. The Hall–Kier alpha value is -9.78. The molecule has 0 spiro atoms. The largest absolute Gasteiger partial charge is 0.508 e. The minimum absolute atomic E-state index is 0.00455. The number of likely N-dealkylation sites (tertiary alicyclic amines) is 1. The molecule has 0 saturated carbocycles. The summed E-state index contributed by atoms with van der Waals surface area (Å²) in [5.74, 6) is -20.0. The number of nitrogens with zero attached hydrogens (tertiary/aromatic N) is 1. The number of nitrogens with one attached hydrogen (secondary N) is 13. The number of aliphatic hydroxyl groups is 7. The number of aliphatic hydroxyl groups excluding tert-OH is 7. The molecule has 602 valence electrons. The van der Waals surface area contributed by atoms with Crippen LogP contribution in [0.4, 0.5) is 0 Å². The molecular formula is C66H108N16O25. The van der Waals surface area contributed by atoms with Gasteiger partial charge in [0.25, 0.3) is 0 Å². The van der Waals surface area contributed by atoms with Gasteiger partial charge in [-0.1, -0.05) is 67.5 Å². The molecular weight excluding hydrogens is 1420 g/mol. The number of hydrogen-bond donors (Lipinski definition) is 24. The average Bonchev–Trinajstić information content (AvgIpc) is 1.72. The Morgan fingerprint density at radius 1 is 0.458 bits per heavy atom. The molecule has 1 aromatic carbocycles. The second-order valence-electron chi connectivity index (χ2n) is 27.4. The molecule has 26 N–H and O–H groups in total.